The molecular weight excluding hydrogens is 304 g/mol. The average Bonchev–Trinajstić information content (AvgIpc) is 2.71. The van der Waals surface area contributed by atoms with Crippen LogP contribution in [0, 0.1) is 13.8 Å². The van der Waals surface area contributed by atoms with Gasteiger partial charge in [0.25, 0.3) is 0 Å². The number of halogens is 1. The fourth-order valence-electron chi connectivity index (χ4n) is 2.21. The van der Waals surface area contributed by atoms with E-state index < -0.39 is 0 Å². The van der Waals surface area contributed by atoms with Crippen molar-refractivity contribution in [1.82, 2.24) is 15.2 Å². The zero-order valence-electron chi connectivity index (χ0n) is 11.4. The number of aromatic nitrogens is 2. The molecule has 1 aromatic carbocycles. The highest BCUT2D eigenvalue weighted by atomic mass is 79.9. The van der Waals surface area contributed by atoms with Crippen molar-refractivity contribution in [1.29, 1.82) is 0 Å². The van der Waals surface area contributed by atoms with E-state index in [4.69, 9.17) is 5.84 Å². The van der Waals surface area contributed by atoms with Crippen LogP contribution >= 0.6 is 15.9 Å². The molecule has 2 rings (SSSR count). The number of aryl methyl sites for hydroxylation is 3. The van der Waals surface area contributed by atoms with Gasteiger partial charge >= 0.3 is 0 Å². The third-order valence-electron chi connectivity index (χ3n) is 3.48. The summed E-state index contributed by atoms with van der Waals surface area (Å²) in [5.41, 5.74) is 7.81. The molecule has 0 aliphatic rings. The van der Waals surface area contributed by atoms with E-state index in [1.165, 1.54) is 16.7 Å². The standard InChI is InChI=1S/C14H19BrN4/c1-9-4-5-11(6-10(9)2)7-13(18-16)14-12(15)8-17-19(14)3/h4-6,8,13,18H,7,16H2,1-3H3. The Labute approximate surface area is 122 Å². The molecule has 0 saturated carbocycles. The van der Waals surface area contributed by atoms with Gasteiger partial charge in [0.15, 0.2) is 0 Å². The Bertz CT molecular complexity index is 557. The van der Waals surface area contributed by atoms with Crippen LogP contribution in [0.1, 0.15) is 28.4 Å². The largest absolute Gasteiger partial charge is 0.271 e. The van der Waals surface area contributed by atoms with Gasteiger partial charge in [0, 0.05) is 7.05 Å². The molecule has 0 fully saturated rings. The lowest BCUT2D eigenvalue weighted by atomic mass is 9.99. The second kappa shape index (κ2) is 5.86. The lowest BCUT2D eigenvalue weighted by Crippen LogP contribution is -2.31. The number of benzene rings is 1. The van der Waals surface area contributed by atoms with Crippen LogP contribution in [0.15, 0.2) is 28.9 Å². The van der Waals surface area contributed by atoms with Crippen molar-refractivity contribution in [3.8, 4) is 0 Å². The van der Waals surface area contributed by atoms with E-state index in [1.54, 1.807) is 6.20 Å². The summed E-state index contributed by atoms with van der Waals surface area (Å²) in [5, 5.41) is 4.23. The number of hydrogen-bond donors (Lipinski definition) is 2. The van der Waals surface area contributed by atoms with Gasteiger partial charge in [-0.25, -0.2) is 0 Å². The summed E-state index contributed by atoms with van der Waals surface area (Å²) >= 11 is 3.52. The summed E-state index contributed by atoms with van der Waals surface area (Å²) in [4.78, 5) is 0. The fourth-order valence-corrected chi connectivity index (χ4v) is 2.84. The van der Waals surface area contributed by atoms with Gasteiger partial charge in [0.2, 0.25) is 0 Å². The van der Waals surface area contributed by atoms with Gasteiger partial charge in [-0.3, -0.25) is 16.0 Å². The fraction of sp³-hybridized carbons (Fsp3) is 0.357. The first-order valence-electron chi connectivity index (χ1n) is 6.22. The van der Waals surface area contributed by atoms with Gasteiger partial charge in [0.1, 0.15) is 0 Å². The molecule has 1 atom stereocenters. The van der Waals surface area contributed by atoms with Gasteiger partial charge in [0.05, 0.1) is 22.4 Å². The molecule has 1 unspecified atom stereocenters. The Morgan fingerprint density at radius 1 is 1.37 bits per heavy atom. The molecule has 0 radical (unpaired) electrons. The van der Waals surface area contributed by atoms with E-state index in [2.05, 4.69) is 58.5 Å². The molecule has 0 amide bonds. The molecular formula is C14H19BrN4. The van der Waals surface area contributed by atoms with E-state index in [0.29, 0.717) is 0 Å². The molecule has 2 aromatic rings. The molecule has 19 heavy (non-hydrogen) atoms. The SMILES string of the molecule is Cc1ccc(CC(NN)c2c(Br)cnn2C)cc1C. The number of nitrogens with two attached hydrogens (primary N) is 1. The average molecular weight is 323 g/mol. The lowest BCUT2D eigenvalue weighted by Gasteiger charge is -2.17. The summed E-state index contributed by atoms with van der Waals surface area (Å²) in [7, 11) is 1.92. The van der Waals surface area contributed by atoms with Gasteiger partial charge < -0.3 is 0 Å². The van der Waals surface area contributed by atoms with Crippen molar-refractivity contribution in [3.05, 3.63) is 51.3 Å². The van der Waals surface area contributed by atoms with Crippen molar-refractivity contribution in [2.24, 2.45) is 12.9 Å². The second-order valence-corrected chi connectivity index (χ2v) is 5.70. The van der Waals surface area contributed by atoms with E-state index in [-0.39, 0.29) is 6.04 Å². The first-order valence-corrected chi connectivity index (χ1v) is 7.02. The zero-order valence-corrected chi connectivity index (χ0v) is 13.0. The molecule has 1 heterocycles. The van der Waals surface area contributed by atoms with Crippen LogP contribution in [0.5, 0.6) is 0 Å². The number of hydrogen-bond acceptors (Lipinski definition) is 3. The van der Waals surface area contributed by atoms with Crippen molar-refractivity contribution < 1.29 is 0 Å². The molecule has 102 valence electrons. The van der Waals surface area contributed by atoms with Gasteiger partial charge in [-0.15, -0.1) is 0 Å². The molecule has 5 heteroatoms. The van der Waals surface area contributed by atoms with E-state index in [9.17, 15) is 0 Å². The smallest absolute Gasteiger partial charge is 0.0709 e. The maximum absolute atomic E-state index is 5.71. The summed E-state index contributed by atoms with van der Waals surface area (Å²) in [6.45, 7) is 4.25. The predicted molar refractivity (Wildman–Crippen MR) is 80.6 cm³/mol. The highest BCUT2D eigenvalue weighted by Gasteiger charge is 2.18. The topological polar surface area (TPSA) is 55.9 Å². The molecule has 0 aliphatic heterocycles. The molecule has 0 bridgehead atoms. The monoisotopic (exact) mass is 322 g/mol. The molecule has 0 saturated heterocycles. The first-order chi connectivity index (χ1) is 9.02. The van der Waals surface area contributed by atoms with Gasteiger partial charge in [-0.05, 0) is 52.9 Å². The summed E-state index contributed by atoms with van der Waals surface area (Å²) in [6.07, 6.45) is 2.62. The van der Waals surface area contributed by atoms with Crippen LogP contribution in [-0.2, 0) is 13.5 Å². The Morgan fingerprint density at radius 3 is 2.63 bits per heavy atom. The quantitative estimate of drug-likeness (QED) is 0.672. The van der Waals surface area contributed by atoms with Crippen LogP contribution in [0.2, 0.25) is 0 Å². The third-order valence-corrected chi connectivity index (χ3v) is 4.09. The van der Waals surface area contributed by atoms with Gasteiger partial charge in [-0.2, -0.15) is 5.10 Å². The van der Waals surface area contributed by atoms with Crippen molar-refractivity contribution >= 4 is 15.9 Å². The maximum atomic E-state index is 5.71. The van der Waals surface area contributed by atoms with Crippen LogP contribution in [0.3, 0.4) is 0 Å². The second-order valence-electron chi connectivity index (χ2n) is 4.84. The Kier molecular flexibility index (Phi) is 4.39. The molecule has 1 aromatic heterocycles. The first kappa shape index (κ1) is 14.2. The Hall–Kier alpha value is -1.17. The summed E-state index contributed by atoms with van der Waals surface area (Å²) < 4.78 is 2.82. The number of nitrogens with one attached hydrogen (secondary N) is 1. The summed E-state index contributed by atoms with van der Waals surface area (Å²) in [5.74, 6) is 5.71. The van der Waals surface area contributed by atoms with Crippen molar-refractivity contribution in [2.45, 2.75) is 26.3 Å². The van der Waals surface area contributed by atoms with Crippen LogP contribution in [0.4, 0.5) is 0 Å². The highest BCUT2D eigenvalue weighted by Crippen LogP contribution is 2.25. The number of hydrazine groups is 1. The highest BCUT2D eigenvalue weighted by molar-refractivity contribution is 9.10. The Balaban J connectivity index is 2.26. The molecule has 3 N–H and O–H groups in total. The number of nitrogens with zero attached hydrogens (tertiary/aromatic N) is 2. The van der Waals surface area contributed by atoms with E-state index >= 15 is 0 Å². The van der Waals surface area contributed by atoms with Crippen molar-refractivity contribution in [2.75, 3.05) is 0 Å². The third kappa shape index (κ3) is 3.05. The van der Waals surface area contributed by atoms with Crippen LogP contribution in [-0.4, -0.2) is 9.78 Å². The van der Waals surface area contributed by atoms with Crippen LogP contribution < -0.4 is 11.3 Å². The molecule has 0 aliphatic carbocycles. The van der Waals surface area contributed by atoms with Crippen molar-refractivity contribution in [3.63, 3.8) is 0 Å². The zero-order chi connectivity index (χ0) is 14.0. The van der Waals surface area contributed by atoms with Gasteiger partial charge in [-0.1, -0.05) is 18.2 Å². The Morgan fingerprint density at radius 2 is 2.11 bits per heavy atom. The predicted octanol–water partition coefficient (Wildman–Crippen LogP) is 2.55. The lowest BCUT2D eigenvalue weighted by molar-refractivity contribution is 0.506. The molecule has 4 nitrogen and oxygen atoms in total. The maximum Gasteiger partial charge on any atom is 0.0709 e. The minimum absolute atomic E-state index is 0.0315. The van der Waals surface area contributed by atoms with E-state index in [1.807, 2.05) is 11.7 Å². The molecule has 0 spiro atoms. The minimum Gasteiger partial charge on any atom is -0.271 e. The summed E-state index contributed by atoms with van der Waals surface area (Å²) in [6, 6.07) is 6.54. The minimum atomic E-state index is 0.0315. The van der Waals surface area contributed by atoms with E-state index in [0.717, 1.165) is 16.6 Å². The normalized spacial score (nSPS) is 12.7. The number of rotatable bonds is 4. The van der Waals surface area contributed by atoms with Crippen LogP contribution in [0.25, 0.3) is 0 Å².